The van der Waals surface area contributed by atoms with Gasteiger partial charge in [-0.25, -0.2) is 0 Å². The van der Waals surface area contributed by atoms with E-state index >= 15 is 0 Å². The second-order valence-electron chi connectivity index (χ2n) is 6.94. The van der Waals surface area contributed by atoms with Gasteiger partial charge in [0.2, 0.25) is 0 Å². The number of aryl methyl sites for hydroxylation is 1. The Hall–Kier alpha value is -1.03. The van der Waals surface area contributed by atoms with Crippen molar-refractivity contribution in [2.75, 3.05) is 7.11 Å². The summed E-state index contributed by atoms with van der Waals surface area (Å²) in [5, 5.41) is 14.9. The quantitative estimate of drug-likeness (QED) is 0.827. The van der Waals surface area contributed by atoms with Crippen molar-refractivity contribution in [2.24, 2.45) is 11.3 Å². The van der Waals surface area contributed by atoms with Crippen molar-refractivity contribution >= 4 is 0 Å². The third kappa shape index (κ3) is 4.82. The Bertz CT molecular complexity index is 407. The molecule has 1 aromatic heterocycles. The Labute approximate surface area is 123 Å². The molecule has 4 heteroatoms. The average Bonchev–Trinajstić information content (AvgIpc) is 2.69. The predicted molar refractivity (Wildman–Crippen MR) is 81.9 cm³/mol. The summed E-state index contributed by atoms with van der Waals surface area (Å²) < 4.78 is 7.20. The number of hydrogen-bond donors (Lipinski definition) is 1. The largest absolute Gasteiger partial charge is 0.493 e. The van der Waals surface area contributed by atoms with E-state index in [0.29, 0.717) is 11.7 Å². The Morgan fingerprint density at radius 3 is 2.55 bits per heavy atom. The van der Waals surface area contributed by atoms with Crippen LogP contribution >= 0.6 is 0 Å². The number of methoxy groups -OCH3 is 1. The van der Waals surface area contributed by atoms with E-state index in [-0.39, 0.29) is 5.41 Å². The van der Waals surface area contributed by atoms with Crippen molar-refractivity contribution in [1.29, 1.82) is 0 Å². The van der Waals surface area contributed by atoms with E-state index in [2.05, 4.69) is 39.7 Å². The molecule has 0 spiro atoms. The maximum absolute atomic E-state index is 10.6. The van der Waals surface area contributed by atoms with E-state index in [4.69, 9.17) is 4.74 Å². The molecule has 0 amide bonds. The van der Waals surface area contributed by atoms with Crippen molar-refractivity contribution < 1.29 is 9.84 Å². The molecule has 0 radical (unpaired) electrons. The fourth-order valence-electron chi connectivity index (χ4n) is 2.88. The minimum absolute atomic E-state index is 0.285. The van der Waals surface area contributed by atoms with E-state index in [1.165, 1.54) is 0 Å². The first-order valence-corrected chi connectivity index (χ1v) is 7.56. The van der Waals surface area contributed by atoms with Crippen molar-refractivity contribution in [3.63, 3.8) is 0 Å². The highest BCUT2D eigenvalue weighted by atomic mass is 16.5. The summed E-state index contributed by atoms with van der Waals surface area (Å²) in [5.74, 6) is 1.15. The van der Waals surface area contributed by atoms with Crippen LogP contribution in [0, 0.1) is 11.3 Å². The summed E-state index contributed by atoms with van der Waals surface area (Å²) in [7, 11) is 1.63. The zero-order chi connectivity index (χ0) is 15.3. The lowest BCUT2D eigenvalue weighted by molar-refractivity contribution is 0.122. The average molecular weight is 282 g/mol. The Kier molecular flexibility index (Phi) is 6.06. The van der Waals surface area contributed by atoms with E-state index < -0.39 is 6.10 Å². The Morgan fingerprint density at radius 1 is 1.40 bits per heavy atom. The second kappa shape index (κ2) is 7.11. The molecule has 0 saturated heterocycles. The lowest BCUT2D eigenvalue weighted by Gasteiger charge is -2.25. The van der Waals surface area contributed by atoms with E-state index in [0.717, 1.165) is 31.5 Å². The molecule has 1 N–H and O–H groups in total. The maximum Gasteiger partial charge on any atom is 0.162 e. The van der Waals surface area contributed by atoms with Crippen LogP contribution in [0.15, 0.2) is 6.20 Å². The van der Waals surface area contributed by atoms with E-state index in [9.17, 15) is 5.11 Å². The topological polar surface area (TPSA) is 47.3 Å². The molecular weight excluding hydrogens is 252 g/mol. The normalized spacial score (nSPS) is 15.2. The monoisotopic (exact) mass is 282 g/mol. The molecule has 0 bridgehead atoms. The molecule has 1 rings (SSSR count). The molecule has 0 aliphatic carbocycles. The molecule has 0 aliphatic rings. The number of aliphatic hydroxyl groups is 1. The van der Waals surface area contributed by atoms with Gasteiger partial charge in [0.25, 0.3) is 0 Å². The van der Waals surface area contributed by atoms with Gasteiger partial charge >= 0.3 is 0 Å². The smallest absolute Gasteiger partial charge is 0.162 e. The third-order valence-corrected chi connectivity index (χ3v) is 3.40. The first kappa shape index (κ1) is 17.0. The van der Waals surface area contributed by atoms with Crippen LogP contribution in [0.3, 0.4) is 0 Å². The standard InChI is InChI=1S/C16H30N2O2/c1-7-8-18-15(14(20-6)11-17-18)13(19)9-12(2)10-16(3,4)5/h11-13,19H,7-10H2,1-6H3. The fraction of sp³-hybridized carbons (Fsp3) is 0.812. The van der Waals surface area contributed by atoms with Gasteiger partial charge < -0.3 is 9.84 Å². The molecule has 2 atom stereocenters. The second-order valence-corrected chi connectivity index (χ2v) is 6.94. The summed E-state index contributed by atoms with van der Waals surface area (Å²) in [6.07, 6.45) is 4.00. The van der Waals surface area contributed by atoms with Crippen LogP contribution in [0.4, 0.5) is 0 Å². The van der Waals surface area contributed by atoms with Gasteiger partial charge in [0, 0.05) is 6.54 Å². The van der Waals surface area contributed by atoms with Gasteiger partial charge in [-0.05, 0) is 30.6 Å². The van der Waals surface area contributed by atoms with Crippen LogP contribution < -0.4 is 4.74 Å². The highest BCUT2D eigenvalue weighted by molar-refractivity contribution is 5.27. The SMILES string of the molecule is CCCn1ncc(OC)c1C(O)CC(C)CC(C)(C)C. The molecule has 4 nitrogen and oxygen atoms in total. The maximum atomic E-state index is 10.6. The Balaban J connectivity index is 2.80. The molecule has 0 saturated carbocycles. The summed E-state index contributed by atoms with van der Waals surface area (Å²) in [4.78, 5) is 0. The molecule has 1 aromatic rings. The van der Waals surface area contributed by atoms with Gasteiger partial charge in [0.15, 0.2) is 5.75 Å². The van der Waals surface area contributed by atoms with Crippen LogP contribution in [0.1, 0.15) is 65.7 Å². The van der Waals surface area contributed by atoms with E-state index in [1.807, 2.05) is 4.68 Å². The Morgan fingerprint density at radius 2 is 2.05 bits per heavy atom. The summed E-state index contributed by atoms with van der Waals surface area (Å²) >= 11 is 0. The van der Waals surface area contributed by atoms with Crippen molar-refractivity contribution in [3.8, 4) is 5.75 Å². The number of aromatic nitrogens is 2. The van der Waals surface area contributed by atoms with Crippen molar-refractivity contribution in [3.05, 3.63) is 11.9 Å². The van der Waals surface area contributed by atoms with Crippen LogP contribution in [0.5, 0.6) is 5.75 Å². The number of nitrogens with zero attached hydrogens (tertiary/aromatic N) is 2. The van der Waals surface area contributed by atoms with Crippen LogP contribution in [0.2, 0.25) is 0 Å². The third-order valence-electron chi connectivity index (χ3n) is 3.40. The van der Waals surface area contributed by atoms with Gasteiger partial charge in [0.1, 0.15) is 5.69 Å². The van der Waals surface area contributed by atoms with Crippen molar-refractivity contribution in [2.45, 2.75) is 66.5 Å². The molecule has 0 aromatic carbocycles. The summed E-state index contributed by atoms with van der Waals surface area (Å²) in [6.45, 7) is 11.8. The molecule has 0 aliphatic heterocycles. The van der Waals surface area contributed by atoms with Crippen LogP contribution in [-0.4, -0.2) is 22.0 Å². The van der Waals surface area contributed by atoms with Gasteiger partial charge in [-0.3, -0.25) is 4.68 Å². The molecule has 1 heterocycles. The molecule has 0 fully saturated rings. The zero-order valence-electron chi connectivity index (χ0n) is 13.8. The molecular formula is C16H30N2O2. The first-order valence-electron chi connectivity index (χ1n) is 7.56. The highest BCUT2D eigenvalue weighted by Crippen LogP contribution is 2.33. The minimum Gasteiger partial charge on any atom is -0.493 e. The number of ether oxygens (including phenoxy) is 1. The van der Waals surface area contributed by atoms with Gasteiger partial charge in [-0.1, -0.05) is 34.6 Å². The molecule has 116 valence electrons. The van der Waals surface area contributed by atoms with Gasteiger partial charge in [0.05, 0.1) is 19.4 Å². The van der Waals surface area contributed by atoms with Crippen LogP contribution in [-0.2, 0) is 6.54 Å². The van der Waals surface area contributed by atoms with Crippen LogP contribution in [0.25, 0.3) is 0 Å². The predicted octanol–water partition coefficient (Wildman–Crippen LogP) is 3.80. The minimum atomic E-state index is -0.517. The highest BCUT2D eigenvalue weighted by Gasteiger charge is 2.24. The molecule has 20 heavy (non-hydrogen) atoms. The summed E-state index contributed by atoms with van der Waals surface area (Å²) in [5.41, 5.74) is 1.10. The van der Waals surface area contributed by atoms with Crippen molar-refractivity contribution in [1.82, 2.24) is 9.78 Å². The fourth-order valence-corrected chi connectivity index (χ4v) is 2.88. The summed E-state index contributed by atoms with van der Waals surface area (Å²) in [6, 6.07) is 0. The molecule has 2 unspecified atom stereocenters. The van der Waals surface area contributed by atoms with Gasteiger partial charge in [-0.15, -0.1) is 0 Å². The number of hydrogen-bond acceptors (Lipinski definition) is 3. The zero-order valence-corrected chi connectivity index (χ0v) is 13.8. The number of aliphatic hydroxyl groups excluding tert-OH is 1. The lowest BCUT2D eigenvalue weighted by Crippen LogP contribution is -2.16. The lowest BCUT2D eigenvalue weighted by atomic mass is 9.83. The number of rotatable bonds is 7. The van der Waals surface area contributed by atoms with E-state index in [1.54, 1.807) is 13.3 Å². The first-order chi connectivity index (χ1) is 9.28. The van der Waals surface area contributed by atoms with Gasteiger partial charge in [-0.2, -0.15) is 5.10 Å².